The van der Waals surface area contributed by atoms with Crippen LogP contribution in [0.1, 0.15) is 13.8 Å². The SMILES string of the molecule is CCN(CC)S(=O)(=O)c1ccc(NC(=O)COc2cc(F)ccc2[N+](=O)[O-])cc1. The van der Waals surface area contributed by atoms with Gasteiger partial charge in [-0.15, -0.1) is 0 Å². The van der Waals surface area contributed by atoms with Crippen LogP contribution in [0.15, 0.2) is 47.4 Å². The van der Waals surface area contributed by atoms with E-state index in [9.17, 15) is 27.7 Å². The van der Waals surface area contributed by atoms with Crippen LogP contribution in [-0.2, 0) is 14.8 Å². The number of nitrogens with one attached hydrogen (secondary N) is 1. The third kappa shape index (κ3) is 5.48. The smallest absolute Gasteiger partial charge is 0.311 e. The lowest BCUT2D eigenvalue weighted by Gasteiger charge is -2.18. The molecule has 0 radical (unpaired) electrons. The Hall–Kier alpha value is -3.05. The molecule has 11 heteroatoms. The Morgan fingerprint density at radius 3 is 2.34 bits per heavy atom. The van der Waals surface area contributed by atoms with Gasteiger partial charge in [0.1, 0.15) is 5.82 Å². The van der Waals surface area contributed by atoms with Gasteiger partial charge in [0, 0.05) is 30.9 Å². The molecule has 0 aliphatic carbocycles. The highest BCUT2D eigenvalue weighted by Gasteiger charge is 2.21. The second-order valence-electron chi connectivity index (χ2n) is 5.82. The Bertz CT molecular complexity index is 991. The molecule has 0 saturated heterocycles. The maximum absolute atomic E-state index is 13.3. The molecule has 2 rings (SSSR count). The molecule has 2 aromatic carbocycles. The fourth-order valence-corrected chi connectivity index (χ4v) is 3.98. The summed E-state index contributed by atoms with van der Waals surface area (Å²) in [5.41, 5.74) is -0.156. The van der Waals surface area contributed by atoms with Crippen molar-refractivity contribution in [2.24, 2.45) is 0 Å². The van der Waals surface area contributed by atoms with Gasteiger partial charge in [-0.2, -0.15) is 4.31 Å². The van der Waals surface area contributed by atoms with Crippen molar-refractivity contribution in [2.75, 3.05) is 25.0 Å². The number of nitro groups is 1. The first-order chi connectivity index (χ1) is 13.7. The van der Waals surface area contributed by atoms with Crippen LogP contribution >= 0.6 is 0 Å². The summed E-state index contributed by atoms with van der Waals surface area (Å²) in [5, 5.41) is 13.4. The van der Waals surface area contributed by atoms with Crippen LogP contribution in [0.2, 0.25) is 0 Å². The molecule has 2 aromatic rings. The second kappa shape index (κ2) is 9.43. The molecule has 0 heterocycles. The van der Waals surface area contributed by atoms with Crippen molar-refractivity contribution in [1.29, 1.82) is 0 Å². The van der Waals surface area contributed by atoms with Gasteiger partial charge >= 0.3 is 5.69 Å². The summed E-state index contributed by atoms with van der Waals surface area (Å²) < 4.78 is 44.5. The van der Waals surface area contributed by atoms with Gasteiger partial charge in [-0.3, -0.25) is 14.9 Å². The maximum Gasteiger partial charge on any atom is 0.311 e. The molecular formula is C18H20FN3O6S. The number of rotatable bonds is 9. The summed E-state index contributed by atoms with van der Waals surface area (Å²) in [6, 6.07) is 8.23. The lowest BCUT2D eigenvalue weighted by Crippen LogP contribution is -2.30. The first-order valence-electron chi connectivity index (χ1n) is 8.65. The molecule has 0 fully saturated rings. The quantitative estimate of drug-likeness (QED) is 0.487. The molecule has 0 aliphatic rings. The molecule has 156 valence electrons. The minimum Gasteiger partial charge on any atom is -0.477 e. The van der Waals surface area contributed by atoms with E-state index < -0.39 is 39.0 Å². The number of carbonyl (C=O) groups excluding carboxylic acids is 1. The van der Waals surface area contributed by atoms with E-state index >= 15 is 0 Å². The van der Waals surface area contributed by atoms with Crippen LogP contribution in [0.25, 0.3) is 0 Å². The monoisotopic (exact) mass is 425 g/mol. The number of amides is 1. The Balaban J connectivity index is 2.04. The predicted octanol–water partition coefficient (Wildman–Crippen LogP) is 2.78. The highest BCUT2D eigenvalue weighted by molar-refractivity contribution is 7.89. The fourth-order valence-electron chi connectivity index (χ4n) is 2.52. The third-order valence-electron chi connectivity index (χ3n) is 3.96. The summed E-state index contributed by atoms with van der Waals surface area (Å²) in [4.78, 5) is 22.3. The van der Waals surface area contributed by atoms with E-state index in [1.807, 2.05) is 0 Å². The minimum atomic E-state index is -3.61. The number of benzene rings is 2. The molecule has 0 spiro atoms. The van der Waals surface area contributed by atoms with E-state index in [0.717, 1.165) is 18.2 Å². The Morgan fingerprint density at radius 2 is 1.79 bits per heavy atom. The summed E-state index contributed by atoms with van der Waals surface area (Å²) in [7, 11) is -3.61. The van der Waals surface area contributed by atoms with Crippen LogP contribution in [0.3, 0.4) is 0 Å². The number of anilines is 1. The molecule has 1 amide bonds. The van der Waals surface area contributed by atoms with Crippen molar-refractivity contribution in [3.05, 3.63) is 58.4 Å². The number of halogens is 1. The molecule has 0 aliphatic heterocycles. The highest BCUT2D eigenvalue weighted by Crippen LogP contribution is 2.27. The Kier molecular flexibility index (Phi) is 7.23. The van der Waals surface area contributed by atoms with Gasteiger partial charge in [0.25, 0.3) is 5.91 Å². The molecule has 0 saturated carbocycles. The molecule has 0 atom stereocenters. The van der Waals surface area contributed by atoms with Gasteiger partial charge in [0.2, 0.25) is 15.8 Å². The molecule has 29 heavy (non-hydrogen) atoms. The van der Waals surface area contributed by atoms with E-state index in [2.05, 4.69) is 5.32 Å². The van der Waals surface area contributed by atoms with Crippen LogP contribution in [-0.4, -0.2) is 43.2 Å². The van der Waals surface area contributed by atoms with Gasteiger partial charge in [-0.25, -0.2) is 12.8 Å². The summed E-state index contributed by atoms with van der Waals surface area (Å²) >= 11 is 0. The third-order valence-corrected chi connectivity index (χ3v) is 6.02. The van der Waals surface area contributed by atoms with Gasteiger partial charge in [-0.05, 0) is 30.3 Å². The number of nitro benzene ring substituents is 1. The van der Waals surface area contributed by atoms with Crippen LogP contribution in [0, 0.1) is 15.9 Å². The molecule has 0 aromatic heterocycles. The predicted molar refractivity (Wildman–Crippen MR) is 104 cm³/mol. The van der Waals surface area contributed by atoms with Crippen LogP contribution in [0.5, 0.6) is 5.75 Å². The van der Waals surface area contributed by atoms with E-state index in [1.165, 1.54) is 28.6 Å². The number of nitrogens with zero attached hydrogens (tertiary/aromatic N) is 2. The number of hydrogen-bond donors (Lipinski definition) is 1. The lowest BCUT2D eigenvalue weighted by atomic mass is 10.3. The number of hydrogen-bond acceptors (Lipinski definition) is 6. The average Bonchev–Trinajstić information content (AvgIpc) is 2.67. The largest absolute Gasteiger partial charge is 0.477 e. The molecular weight excluding hydrogens is 405 g/mol. The summed E-state index contributed by atoms with van der Waals surface area (Å²) in [6.07, 6.45) is 0. The number of ether oxygens (including phenoxy) is 1. The topological polar surface area (TPSA) is 119 Å². The van der Waals surface area contributed by atoms with Gasteiger partial charge < -0.3 is 10.1 Å². The molecule has 0 bridgehead atoms. The Morgan fingerprint density at radius 1 is 1.17 bits per heavy atom. The van der Waals surface area contributed by atoms with Crippen molar-refractivity contribution >= 4 is 27.3 Å². The second-order valence-corrected chi connectivity index (χ2v) is 7.76. The standard InChI is InChI=1S/C18H20FN3O6S/c1-3-21(4-2)29(26,27)15-8-6-14(7-9-15)20-18(23)12-28-17-11-13(19)5-10-16(17)22(24)25/h5-11H,3-4,12H2,1-2H3,(H,20,23). The molecule has 0 unspecified atom stereocenters. The minimum absolute atomic E-state index is 0.0887. The lowest BCUT2D eigenvalue weighted by molar-refractivity contribution is -0.385. The van der Waals surface area contributed by atoms with E-state index in [4.69, 9.17) is 4.74 Å². The van der Waals surface area contributed by atoms with Crippen molar-refractivity contribution in [2.45, 2.75) is 18.7 Å². The highest BCUT2D eigenvalue weighted by atomic mass is 32.2. The maximum atomic E-state index is 13.3. The normalized spacial score (nSPS) is 11.3. The average molecular weight is 425 g/mol. The van der Waals surface area contributed by atoms with Gasteiger partial charge in [0.05, 0.1) is 9.82 Å². The van der Waals surface area contributed by atoms with Crippen molar-refractivity contribution in [3.63, 3.8) is 0 Å². The van der Waals surface area contributed by atoms with Crippen molar-refractivity contribution < 1.29 is 27.3 Å². The zero-order chi connectivity index (χ0) is 21.6. The van der Waals surface area contributed by atoms with Crippen LogP contribution < -0.4 is 10.1 Å². The van der Waals surface area contributed by atoms with Gasteiger partial charge in [-0.1, -0.05) is 13.8 Å². The van der Waals surface area contributed by atoms with Gasteiger partial charge in [0.15, 0.2) is 6.61 Å². The van der Waals surface area contributed by atoms with E-state index in [-0.39, 0.29) is 10.6 Å². The fraction of sp³-hybridized carbons (Fsp3) is 0.278. The summed E-state index contributed by atoms with van der Waals surface area (Å²) in [5.74, 6) is -1.76. The van der Waals surface area contributed by atoms with Crippen molar-refractivity contribution in [3.8, 4) is 5.75 Å². The zero-order valence-corrected chi connectivity index (χ0v) is 16.6. The summed E-state index contributed by atoms with van der Waals surface area (Å²) in [6.45, 7) is 3.54. The zero-order valence-electron chi connectivity index (χ0n) is 15.8. The first kappa shape index (κ1) is 22.2. The van der Waals surface area contributed by atoms with Crippen LogP contribution in [0.4, 0.5) is 15.8 Å². The molecule has 9 nitrogen and oxygen atoms in total. The number of carbonyl (C=O) groups is 1. The number of sulfonamides is 1. The van der Waals surface area contributed by atoms with Crippen molar-refractivity contribution in [1.82, 2.24) is 4.31 Å². The first-order valence-corrected chi connectivity index (χ1v) is 10.1. The van der Waals surface area contributed by atoms with E-state index in [1.54, 1.807) is 13.8 Å². The Labute approximate surface area is 167 Å². The molecule has 1 N–H and O–H groups in total. The van der Waals surface area contributed by atoms with E-state index in [0.29, 0.717) is 18.8 Å².